The van der Waals surface area contributed by atoms with Crippen LogP contribution in [0.4, 0.5) is 4.39 Å². The summed E-state index contributed by atoms with van der Waals surface area (Å²) in [4.78, 5) is 6.14. The van der Waals surface area contributed by atoms with Crippen molar-refractivity contribution < 1.29 is 12.8 Å². The van der Waals surface area contributed by atoms with Crippen LogP contribution >= 0.6 is 24.0 Å². The quantitative estimate of drug-likeness (QED) is 0.265. The van der Waals surface area contributed by atoms with E-state index in [0.717, 1.165) is 5.56 Å². The Balaban J connectivity index is 0.00000576. The summed E-state index contributed by atoms with van der Waals surface area (Å²) in [6, 6.07) is 6.35. The molecule has 1 N–H and O–H groups in total. The fraction of sp³-hybridized carbons (Fsp3) is 0.562. The van der Waals surface area contributed by atoms with E-state index in [0.29, 0.717) is 32.0 Å². The molecule has 0 aliphatic carbocycles. The van der Waals surface area contributed by atoms with Gasteiger partial charge in [0, 0.05) is 40.8 Å². The first kappa shape index (κ1) is 24.1. The molecule has 0 aliphatic heterocycles. The minimum atomic E-state index is -3.13. The highest BCUT2D eigenvalue weighted by Crippen LogP contribution is 2.05. The second-order valence-corrected chi connectivity index (χ2v) is 7.90. The van der Waals surface area contributed by atoms with Gasteiger partial charge < -0.3 is 10.2 Å². The van der Waals surface area contributed by atoms with Gasteiger partial charge in [0.1, 0.15) is 5.82 Å². The summed E-state index contributed by atoms with van der Waals surface area (Å²) in [6.07, 6.45) is 0.680. The Morgan fingerprint density at radius 3 is 2.36 bits per heavy atom. The SMILES string of the molecule is CCS(=O)(=O)N(C)CCCNC(=NC)N(C)Cc1ccc(F)cc1.I. The van der Waals surface area contributed by atoms with Crippen LogP contribution in [0.15, 0.2) is 29.3 Å². The van der Waals surface area contributed by atoms with Crippen LogP contribution in [0.5, 0.6) is 0 Å². The zero-order valence-electron chi connectivity index (χ0n) is 15.2. The van der Waals surface area contributed by atoms with E-state index in [9.17, 15) is 12.8 Å². The number of hydrogen-bond acceptors (Lipinski definition) is 3. The van der Waals surface area contributed by atoms with Crippen molar-refractivity contribution in [1.82, 2.24) is 14.5 Å². The van der Waals surface area contributed by atoms with Crippen molar-refractivity contribution in [3.05, 3.63) is 35.6 Å². The first-order chi connectivity index (χ1) is 11.3. The largest absolute Gasteiger partial charge is 0.356 e. The van der Waals surface area contributed by atoms with E-state index >= 15 is 0 Å². The Kier molecular flexibility index (Phi) is 11.2. The summed E-state index contributed by atoms with van der Waals surface area (Å²) in [5.41, 5.74) is 0.982. The molecule has 0 bridgehead atoms. The van der Waals surface area contributed by atoms with Crippen molar-refractivity contribution in [2.45, 2.75) is 19.9 Å². The highest BCUT2D eigenvalue weighted by Gasteiger charge is 2.14. The third-order valence-corrected chi connectivity index (χ3v) is 5.54. The number of aliphatic imine (C=N–C) groups is 1. The topological polar surface area (TPSA) is 65.0 Å². The normalized spacial score (nSPS) is 12.0. The van der Waals surface area contributed by atoms with Crippen molar-refractivity contribution in [2.75, 3.05) is 40.0 Å². The zero-order chi connectivity index (χ0) is 18.2. The van der Waals surface area contributed by atoms with Crippen LogP contribution in [0, 0.1) is 5.82 Å². The molecule has 144 valence electrons. The Morgan fingerprint density at radius 1 is 1.24 bits per heavy atom. The molecule has 0 radical (unpaired) electrons. The lowest BCUT2D eigenvalue weighted by Crippen LogP contribution is -2.40. The molecular weight excluding hydrogens is 458 g/mol. The van der Waals surface area contributed by atoms with Gasteiger partial charge in [-0.1, -0.05) is 12.1 Å². The first-order valence-electron chi connectivity index (χ1n) is 7.90. The summed E-state index contributed by atoms with van der Waals surface area (Å²) in [5.74, 6) is 0.564. The lowest BCUT2D eigenvalue weighted by atomic mass is 10.2. The summed E-state index contributed by atoms with van der Waals surface area (Å²) in [7, 11) is 2.05. The second kappa shape index (κ2) is 11.6. The summed E-state index contributed by atoms with van der Waals surface area (Å²) >= 11 is 0. The number of halogens is 2. The molecule has 1 aromatic rings. The predicted octanol–water partition coefficient (Wildman–Crippen LogP) is 2.12. The van der Waals surface area contributed by atoms with Crippen molar-refractivity contribution in [3.8, 4) is 0 Å². The van der Waals surface area contributed by atoms with E-state index in [4.69, 9.17) is 0 Å². The third kappa shape index (κ3) is 8.32. The molecule has 0 saturated carbocycles. The second-order valence-electron chi connectivity index (χ2n) is 5.53. The van der Waals surface area contributed by atoms with Gasteiger partial charge in [-0.3, -0.25) is 4.99 Å². The fourth-order valence-electron chi connectivity index (χ4n) is 2.18. The van der Waals surface area contributed by atoms with Gasteiger partial charge in [0.15, 0.2) is 5.96 Å². The summed E-state index contributed by atoms with van der Waals surface area (Å²) in [6.45, 7) is 3.31. The standard InChI is InChI=1S/C16H27FN4O2S.HI/c1-5-24(22,23)21(4)12-6-11-19-16(18-2)20(3)13-14-7-9-15(17)10-8-14;/h7-10H,5-6,11-13H2,1-4H3,(H,18,19);1H. The van der Waals surface area contributed by atoms with E-state index in [-0.39, 0.29) is 35.5 Å². The molecule has 0 amide bonds. The number of guanidine groups is 1. The van der Waals surface area contributed by atoms with E-state index in [1.807, 2.05) is 11.9 Å². The lowest BCUT2D eigenvalue weighted by molar-refractivity contribution is 0.450. The van der Waals surface area contributed by atoms with Crippen LogP contribution in [0.3, 0.4) is 0 Å². The zero-order valence-corrected chi connectivity index (χ0v) is 18.3. The molecule has 0 heterocycles. The monoisotopic (exact) mass is 486 g/mol. The van der Waals surface area contributed by atoms with Crippen LogP contribution < -0.4 is 5.32 Å². The number of benzene rings is 1. The molecule has 25 heavy (non-hydrogen) atoms. The molecule has 0 aliphatic rings. The Morgan fingerprint density at radius 2 is 1.84 bits per heavy atom. The maximum absolute atomic E-state index is 12.9. The van der Waals surface area contributed by atoms with Gasteiger partial charge in [0.25, 0.3) is 0 Å². The van der Waals surface area contributed by atoms with Crippen molar-refractivity contribution in [2.24, 2.45) is 4.99 Å². The molecule has 0 saturated heterocycles. The Hall–Kier alpha value is -0.940. The summed E-state index contributed by atoms with van der Waals surface area (Å²) in [5, 5.41) is 3.21. The van der Waals surface area contributed by atoms with E-state index in [2.05, 4.69) is 10.3 Å². The van der Waals surface area contributed by atoms with Crippen molar-refractivity contribution in [3.63, 3.8) is 0 Å². The molecule has 6 nitrogen and oxygen atoms in total. The van der Waals surface area contributed by atoms with E-state index in [1.54, 1.807) is 33.2 Å². The van der Waals surface area contributed by atoms with Crippen LogP contribution in [0.2, 0.25) is 0 Å². The Labute approximate surface area is 167 Å². The van der Waals surface area contributed by atoms with Gasteiger partial charge in [-0.15, -0.1) is 24.0 Å². The van der Waals surface area contributed by atoms with Crippen LogP contribution in [-0.4, -0.2) is 63.6 Å². The molecule has 0 atom stereocenters. The molecule has 0 aromatic heterocycles. The maximum Gasteiger partial charge on any atom is 0.213 e. The summed E-state index contributed by atoms with van der Waals surface area (Å²) < 4.78 is 37.6. The average molecular weight is 486 g/mol. The minimum Gasteiger partial charge on any atom is -0.356 e. The van der Waals surface area contributed by atoms with Gasteiger partial charge in [-0.2, -0.15) is 0 Å². The van der Waals surface area contributed by atoms with E-state index < -0.39 is 10.0 Å². The molecule has 0 spiro atoms. The molecular formula is C16H28FIN4O2S. The fourth-order valence-corrected chi connectivity index (χ4v) is 3.03. The van der Waals surface area contributed by atoms with Gasteiger partial charge in [0.2, 0.25) is 10.0 Å². The number of sulfonamides is 1. The van der Waals surface area contributed by atoms with Crippen molar-refractivity contribution >= 4 is 40.0 Å². The van der Waals surface area contributed by atoms with Crippen LogP contribution in [0.1, 0.15) is 18.9 Å². The lowest BCUT2D eigenvalue weighted by Gasteiger charge is -2.23. The van der Waals surface area contributed by atoms with Gasteiger partial charge >= 0.3 is 0 Å². The van der Waals surface area contributed by atoms with Gasteiger partial charge in [0.05, 0.1) is 5.75 Å². The average Bonchev–Trinajstić information content (AvgIpc) is 2.56. The predicted molar refractivity (Wildman–Crippen MR) is 111 cm³/mol. The number of hydrogen-bond donors (Lipinski definition) is 1. The molecule has 0 unspecified atom stereocenters. The Bertz CT molecular complexity index is 638. The molecule has 0 fully saturated rings. The number of rotatable bonds is 8. The molecule has 9 heteroatoms. The third-order valence-electron chi connectivity index (χ3n) is 3.68. The van der Waals surface area contributed by atoms with Gasteiger partial charge in [-0.25, -0.2) is 17.1 Å². The van der Waals surface area contributed by atoms with E-state index in [1.165, 1.54) is 16.4 Å². The molecule has 1 rings (SSSR count). The highest BCUT2D eigenvalue weighted by atomic mass is 127. The van der Waals surface area contributed by atoms with Crippen LogP contribution in [-0.2, 0) is 16.6 Å². The van der Waals surface area contributed by atoms with Crippen molar-refractivity contribution in [1.29, 1.82) is 0 Å². The van der Waals surface area contributed by atoms with Gasteiger partial charge in [-0.05, 0) is 31.0 Å². The van der Waals surface area contributed by atoms with Crippen LogP contribution in [0.25, 0.3) is 0 Å². The minimum absolute atomic E-state index is 0. The maximum atomic E-state index is 12.9. The highest BCUT2D eigenvalue weighted by molar-refractivity contribution is 14.0. The first-order valence-corrected chi connectivity index (χ1v) is 9.51. The molecule has 1 aromatic carbocycles. The number of nitrogens with zero attached hydrogens (tertiary/aromatic N) is 3. The number of nitrogens with one attached hydrogen (secondary N) is 1. The smallest absolute Gasteiger partial charge is 0.213 e.